The molecule has 4 aromatic carbocycles. The summed E-state index contributed by atoms with van der Waals surface area (Å²) in [5.41, 5.74) is 6.19. The molecule has 2 N–H and O–H groups in total. The van der Waals surface area contributed by atoms with E-state index in [-0.39, 0.29) is 42.9 Å². The van der Waals surface area contributed by atoms with Crippen molar-refractivity contribution in [1.29, 1.82) is 0 Å². The molecular formula is C67H76Cl2F12N2O17P2. The van der Waals surface area contributed by atoms with Crippen molar-refractivity contribution in [3.05, 3.63) is 143 Å². The minimum atomic E-state index is -10.7. The van der Waals surface area contributed by atoms with Crippen molar-refractivity contribution in [3.63, 3.8) is 0 Å². The number of hydrogen-bond acceptors (Lipinski definition) is 16. The third-order valence-electron chi connectivity index (χ3n) is 13.7. The van der Waals surface area contributed by atoms with E-state index in [0.29, 0.717) is 101 Å². The number of ether oxygens (including phenoxy) is 9. The fraction of sp³-hybridized carbons (Fsp3) is 0.313. The Morgan fingerprint density at radius 1 is 0.471 bits per heavy atom. The molecular weight excluding hydrogens is 1470 g/mol. The van der Waals surface area contributed by atoms with E-state index in [0.717, 1.165) is 48.0 Å². The van der Waals surface area contributed by atoms with Gasteiger partial charge in [0.2, 0.25) is 22.2 Å². The van der Waals surface area contributed by atoms with E-state index in [4.69, 9.17) is 75.0 Å². The van der Waals surface area contributed by atoms with E-state index in [1.165, 1.54) is 21.3 Å². The Labute approximate surface area is 587 Å². The molecule has 2 heterocycles. The van der Waals surface area contributed by atoms with Crippen molar-refractivity contribution in [2.75, 3.05) is 101 Å². The number of carboxylic acid groups (broad SMARTS) is 1. The zero-order chi connectivity index (χ0) is 77.6. The first kappa shape index (κ1) is 87.2. The van der Waals surface area contributed by atoms with Crippen LogP contribution in [0.15, 0.2) is 130 Å². The number of carbonyl (C=O) groups is 4. The average molecular weight is 1540 g/mol. The molecule has 4 aliphatic rings. The molecule has 19 nitrogen and oxygen atoms in total. The first-order valence-electron chi connectivity index (χ1n) is 29.9. The molecule has 0 spiro atoms. The van der Waals surface area contributed by atoms with Gasteiger partial charge in [-0.25, -0.2) is 28.3 Å². The number of aromatic carboxylic acids is 1. The van der Waals surface area contributed by atoms with Gasteiger partial charge in [0.1, 0.15) is 68.7 Å². The molecule has 8 rings (SSSR count). The van der Waals surface area contributed by atoms with Crippen molar-refractivity contribution in [3.8, 4) is 79.4 Å². The second-order valence-electron chi connectivity index (χ2n) is 20.8. The van der Waals surface area contributed by atoms with E-state index in [1.807, 2.05) is 54.6 Å². The molecule has 35 heteroatoms. The van der Waals surface area contributed by atoms with Gasteiger partial charge in [0, 0.05) is 57.7 Å². The molecule has 0 saturated heterocycles. The molecule has 0 amide bonds. The maximum absolute atomic E-state index is 13.4. The van der Waals surface area contributed by atoms with Crippen LogP contribution >= 0.6 is 38.8 Å². The van der Waals surface area contributed by atoms with Crippen LogP contribution in [-0.2, 0) is 23.8 Å². The van der Waals surface area contributed by atoms with Crippen molar-refractivity contribution in [2.45, 2.75) is 41.5 Å². The van der Waals surface area contributed by atoms with Gasteiger partial charge in [0.15, 0.2) is 23.0 Å². The standard InChI is InChI=1S/C33H36NO8.C27H27NO6.C6H10O3.CH2Cl2.2F6P/c1-8-34(9-2)21-14-15-24-25(18-21)42-26-19-27(37-5)30(38-6)31(39-7)29(26)28(24)22-12-10-11-13-23(22)33(36)41-17-16-40-32(35)20(3)4;1-6-28(7-2)16-12-13-19-20(14-16)34-21-15-22(31-3)25(32-4)26(33-5)24(21)23(19)17-10-8-9-11-18(17)27(29)30;1-5(2)6(8)9-4-3-7;2-1-3;2*1-7(2,3,4,5)6/h10-15,18-19H,3,8-9,16-17H2,1-2,4-7H3;8-15H,6-7H2,1-5H3;7H,1,3-4H2,2H3;1H2;;/q+1;;;;2*-1/p+1. The number of nitrogens with zero attached hydrogens (tertiary/aromatic N) is 2. The third-order valence-corrected chi connectivity index (χ3v) is 13.7. The molecule has 0 fully saturated rings. The fourth-order valence-corrected chi connectivity index (χ4v) is 9.64. The van der Waals surface area contributed by atoms with Crippen molar-refractivity contribution in [1.82, 2.24) is 9.15 Å². The molecule has 0 aromatic heterocycles. The van der Waals surface area contributed by atoms with E-state index in [2.05, 4.69) is 54.7 Å². The van der Waals surface area contributed by atoms with Gasteiger partial charge in [0.05, 0.1) is 88.6 Å². The number of carbonyl (C=O) groups excluding carboxylic acids is 3. The van der Waals surface area contributed by atoms with Gasteiger partial charge in [-0.3, -0.25) is 0 Å². The van der Waals surface area contributed by atoms with Crippen LogP contribution in [0.4, 0.5) is 50.4 Å². The number of benzene rings is 6. The zero-order valence-electron chi connectivity index (χ0n) is 57.1. The van der Waals surface area contributed by atoms with E-state index in [1.54, 1.807) is 77.6 Å². The van der Waals surface area contributed by atoms with Gasteiger partial charge in [-0.1, -0.05) is 49.6 Å². The molecule has 0 atom stereocenters. The molecule has 102 heavy (non-hydrogen) atoms. The van der Waals surface area contributed by atoms with Crippen LogP contribution in [-0.4, -0.2) is 135 Å². The van der Waals surface area contributed by atoms with E-state index in [9.17, 15) is 74.6 Å². The van der Waals surface area contributed by atoms with Gasteiger partial charge in [0.25, 0.3) is 0 Å². The quantitative estimate of drug-likeness (QED) is 0.00785. The van der Waals surface area contributed by atoms with Gasteiger partial charge in [-0.15, -0.1) is 23.2 Å². The molecule has 0 bridgehead atoms. The maximum atomic E-state index is 13.4. The SMILES string of the molecule is C=C(C)C(=O)OCCO.C=C(C)C(=O)OCCOC(=O)c1ccccc1-c1c2ccc(=[N+](CC)CC)cc-2oc2cc(OC)c(OC)c(OC)c12.CC[N+](CC)=c1ccc2c(-c3ccccc3C(=O)O)c3c(OC)c(OC)c(OC)cc3oc-2c1.ClCCl.F[P-](F)(F)(F)(F)F.F[P-](F)(F)(F)(F)F. The summed E-state index contributed by atoms with van der Waals surface area (Å²) in [4.78, 5) is 47.7. The Bertz CT molecular complexity index is 4360. The monoisotopic (exact) mass is 1540 g/mol. The van der Waals surface area contributed by atoms with Crippen molar-refractivity contribution >= 4 is 84.6 Å². The number of rotatable bonds is 21. The number of alkyl halides is 2. The topological polar surface area (TPSA) is 224 Å². The number of aliphatic hydroxyl groups is 1. The number of aliphatic hydroxyl groups excluding tert-OH is 1. The fourth-order valence-electron chi connectivity index (χ4n) is 9.64. The summed E-state index contributed by atoms with van der Waals surface area (Å²) in [6, 6.07) is 29.5. The molecule has 4 aromatic rings. The molecule has 0 saturated carbocycles. The first-order chi connectivity index (χ1) is 47.3. The molecule has 2 aliphatic carbocycles. The summed E-state index contributed by atoms with van der Waals surface area (Å²) in [6.45, 7) is 21.5. The van der Waals surface area contributed by atoms with Crippen LogP contribution in [0, 0.1) is 0 Å². The summed E-state index contributed by atoms with van der Waals surface area (Å²) >= 11 is 9.53. The second-order valence-corrected chi connectivity index (χ2v) is 25.4. The Balaban J connectivity index is 0.000000397. The van der Waals surface area contributed by atoms with Crippen LogP contribution in [0.2, 0.25) is 0 Å². The minimum absolute atomic E-state index is 0.0473. The van der Waals surface area contributed by atoms with Crippen LogP contribution in [0.5, 0.6) is 34.5 Å². The Kier molecular flexibility index (Phi) is 30.1. The van der Waals surface area contributed by atoms with Gasteiger partial charge < -0.3 is 61.7 Å². The summed E-state index contributed by atoms with van der Waals surface area (Å²) in [5.74, 6) is 1.15. The van der Waals surface area contributed by atoms with Crippen LogP contribution in [0.1, 0.15) is 62.3 Å². The van der Waals surface area contributed by atoms with Crippen LogP contribution in [0.3, 0.4) is 0 Å². The summed E-state index contributed by atoms with van der Waals surface area (Å²) < 4.78 is 185. The predicted octanol–water partition coefficient (Wildman–Crippen LogP) is 18.3. The number of hydrogen-bond donors (Lipinski definition) is 2. The second kappa shape index (κ2) is 35.2. The Morgan fingerprint density at radius 2 is 0.794 bits per heavy atom. The predicted molar refractivity (Wildman–Crippen MR) is 368 cm³/mol. The Morgan fingerprint density at radius 3 is 1.11 bits per heavy atom. The number of fused-ring (bicyclic) bond motifs is 4. The summed E-state index contributed by atoms with van der Waals surface area (Å²) in [7, 11) is -12.1. The van der Waals surface area contributed by atoms with Crippen molar-refractivity contribution < 1.29 is 131 Å². The number of methoxy groups -OCH3 is 6. The number of esters is 3. The van der Waals surface area contributed by atoms with Crippen LogP contribution < -0.4 is 48.3 Å². The van der Waals surface area contributed by atoms with E-state index < -0.39 is 39.5 Å². The van der Waals surface area contributed by atoms with Gasteiger partial charge in [-0.2, -0.15) is 0 Å². The van der Waals surface area contributed by atoms with Gasteiger partial charge >= 0.3 is 89.9 Å². The summed E-state index contributed by atoms with van der Waals surface area (Å²) in [5, 5.41) is 21.6. The average Bonchev–Trinajstić information content (AvgIpc) is 0.736. The Hall–Kier alpha value is -9.02. The third kappa shape index (κ3) is 26.7. The summed E-state index contributed by atoms with van der Waals surface area (Å²) in [6.07, 6.45) is 0. The molecule has 2 aliphatic heterocycles. The van der Waals surface area contributed by atoms with Gasteiger partial charge in [-0.05, 0) is 76.9 Å². The molecule has 564 valence electrons. The number of halogens is 14. The first-order valence-corrected chi connectivity index (χ1v) is 35.0. The van der Waals surface area contributed by atoms with E-state index >= 15 is 0 Å². The van der Waals surface area contributed by atoms with Crippen LogP contribution in [0.25, 0.3) is 66.8 Å². The molecule has 0 unspecified atom stereocenters. The zero-order valence-corrected chi connectivity index (χ0v) is 60.4. The molecule has 0 radical (unpaired) electrons. The van der Waals surface area contributed by atoms with Crippen molar-refractivity contribution in [2.24, 2.45) is 0 Å². The normalized spacial score (nSPS) is 12.2. The number of carboxylic acids is 1.